The van der Waals surface area contributed by atoms with E-state index in [0.29, 0.717) is 13.1 Å². The average molecular weight is 379 g/mol. The lowest BCUT2D eigenvalue weighted by atomic mass is 10.3. The molecule has 1 aromatic carbocycles. The second-order valence-electron chi connectivity index (χ2n) is 6.29. The number of sulfonamides is 1. The predicted molar refractivity (Wildman–Crippen MR) is 92.4 cm³/mol. The molecule has 0 radical (unpaired) electrons. The Morgan fingerprint density at radius 1 is 0.923 bits per heavy atom. The van der Waals surface area contributed by atoms with Crippen LogP contribution in [0.2, 0.25) is 0 Å². The monoisotopic (exact) mass is 379 g/mol. The van der Waals surface area contributed by atoms with Gasteiger partial charge in [0.15, 0.2) is 0 Å². The van der Waals surface area contributed by atoms with Crippen LogP contribution in [0.5, 0.6) is 0 Å². The third-order valence-electron chi connectivity index (χ3n) is 4.68. The van der Waals surface area contributed by atoms with E-state index in [0.717, 1.165) is 4.90 Å². The summed E-state index contributed by atoms with van der Waals surface area (Å²) in [5.74, 6) is -0.641. The zero-order valence-corrected chi connectivity index (χ0v) is 15.2. The Bertz CT molecular complexity index is 785. The molecule has 2 aliphatic rings. The van der Waals surface area contributed by atoms with Gasteiger partial charge in [0.05, 0.1) is 4.90 Å². The molecule has 0 atom stereocenters. The van der Waals surface area contributed by atoms with Crippen molar-refractivity contribution in [2.75, 3.05) is 32.7 Å². The maximum atomic E-state index is 12.6. The molecule has 2 aliphatic heterocycles. The van der Waals surface area contributed by atoms with E-state index in [1.54, 1.807) is 35.2 Å². The molecule has 2 saturated heterocycles. The summed E-state index contributed by atoms with van der Waals surface area (Å²) in [6, 6.07) is 8.21. The van der Waals surface area contributed by atoms with E-state index in [1.165, 1.54) is 4.31 Å². The van der Waals surface area contributed by atoms with Gasteiger partial charge in [-0.05, 0) is 12.1 Å². The number of hydrogen-bond acceptors (Lipinski definition) is 5. The number of amides is 3. The number of piperazine rings is 1. The molecule has 2 fully saturated rings. The molecule has 0 spiro atoms. The van der Waals surface area contributed by atoms with Crippen LogP contribution in [0.3, 0.4) is 0 Å². The molecular weight excluding hydrogens is 358 g/mol. The van der Waals surface area contributed by atoms with Crippen molar-refractivity contribution in [1.29, 1.82) is 0 Å². The third kappa shape index (κ3) is 3.78. The highest BCUT2D eigenvalue weighted by molar-refractivity contribution is 7.89. The fourth-order valence-electron chi connectivity index (χ4n) is 3.16. The second kappa shape index (κ2) is 7.55. The van der Waals surface area contributed by atoms with Crippen molar-refractivity contribution in [3.8, 4) is 0 Å². The highest BCUT2D eigenvalue weighted by atomic mass is 32.2. The first-order chi connectivity index (χ1) is 12.4. The van der Waals surface area contributed by atoms with E-state index in [-0.39, 0.29) is 61.5 Å². The highest BCUT2D eigenvalue weighted by Crippen LogP contribution is 2.18. The largest absolute Gasteiger partial charge is 0.340 e. The fourth-order valence-corrected chi connectivity index (χ4v) is 4.60. The smallest absolute Gasteiger partial charge is 0.243 e. The molecule has 140 valence electrons. The van der Waals surface area contributed by atoms with E-state index >= 15 is 0 Å². The molecule has 0 saturated carbocycles. The summed E-state index contributed by atoms with van der Waals surface area (Å²) >= 11 is 0. The first kappa shape index (κ1) is 18.5. The number of rotatable bonds is 5. The van der Waals surface area contributed by atoms with E-state index in [9.17, 15) is 22.8 Å². The van der Waals surface area contributed by atoms with Gasteiger partial charge in [0.1, 0.15) is 0 Å². The summed E-state index contributed by atoms with van der Waals surface area (Å²) in [6.45, 7) is 1.15. The van der Waals surface area contributed by atoms with Crippen molar-refractivity contribution in [3.63, 3.8) is 0 Å². The average Bonchev–Trinajstić information content (AvgIpc) is 2.98. The number of likely N-dealkylation sites (tertiary alicyclic amines) is 1. The summed E-state index contributed by atoms with van der Waals surface area (Å²) < 4.78 is 26.5. The maximum absolute atomic E-state index is 12.6. The molecule has 0 unspecified atom stereocenters. The molecule has 3 amide bonds. The Kier molecular flexibility index (Phi) is 5.38. The van der Waals surface area contributed by atoms with Crippen molar-refractivity contribution in [3.05, 3.63) is 30.3 Å². The van der Waals surface area contributed by atoms with Gasteiger partial charge >= 0.3 is 0 Å². The summed E-state index contributed by atoms with van der Waals surface area (Å²) in [5, 5.41) is 0. The summed E-state index contributed by atoms with van der Waals surface area (Å²) in [7, 11) is -3.55. The number of carbonyl (C=O) groups excluding carboxylic acids is 3. The minimum absolute atomic E-state index is 0.0723. The van der Waals surface area contributed by atoms with E-state index in [2.05, 4.69) is 0 Å². The van der Waals surface area contributed by atoms with E-state index < -0.39 is 10.0 Å². The lowest BCUT2D eigenvalue weighted by Crippen LogP contribution is -2.51. The van der Waals surface area contributed by atoms with Crippen LogP contribution in [0, 0.1) is 0 Å². The normalized spacial score (nSPS) is 19.2. The number of imide groups is 1. The van der Waals surface area contributed by atoms with Gasteiger partial charge in [-0.15, -0.1) is 0 Å². The second-order valence-corrected chi connectivity index (χ2v) is 8.22. The van der Waals surface area contributed by atoms with Crippen molar-refractivity contribution in [2.24, 2.45) is 0 Å². The van der Waals surface area contributed by atoms with Gasteiger partial charge in [0.2, 0.25) is 27.7 Å². The topological polar surface area (TPSA) is 95.1 Å². The van der Waals surface area contributed by atoms with Crippen LogP contribution in [0.4, 0.5) is 0 Å². The molecule has 2 heterocycles. The van der Waals surface area contributed by atoms with Crippen LogP contribution < -0.4 is 0 Å². The van der Waals surface area contributed by atoms with Crippen LogP contribution in [-0.2, 0) is 24.4 Å². The Hall–Kier alpha value is -2.26. The van der Waals surface area contributed by atoms with Crippen LogP contribution in [0.15, 0.2) is 35.2 Å². The van der Waals surface area contributed by atoms with Gasteiger partial charge < -0.3 is 4.90 Å². The van der Waals surface area contributed by atoms with Gasteiger partial charge in [0, 0.05) is 52.0 Å². The molecule has 0 N–H and O–H groups in total. The third-order valence-corrected chi connectivity index (χ3v) is 6.59. The molecule has 0 aliphatic carbocycles. The van der Waals surface area contributed by atoms with Gasteiger partial charge in [-0.25, -0.2) is 8.42 Å². The zero-order chi connectivity index (χ0) is 18.7. The van der Waals surface area contributed by atoms with Gasteiger partial charge in [0.25, 0.3) is 0 Å². The van der Waals surface area contributed by atoms with Crippen molar-refractivity contribution >= 4 is 27.7 Å². The minimum atomic E-state index is -3.55. The minimum Gasteiger partial charge on any atom is -0.340 e. The number of carbonyl (C=O) groups is 3. The van der Waals surface area contributed by atoms with Crippen LogP contribution in [0.25, 0.3) is 0 Å². The highest BCUT2D eigenvalue weighted by Gasteiger charge is 2.32. The lowest BCUT2D eigenvalue weighted by Gasteiger charge is -2.34. The summed E-state index contributed by atoms with van der Waals surface area (Å²) in [4.78, 5) is 38.4. The SMILES string of the molecule is O=C(CCN1C(=O)CCC1=O)N1CCN(S(=O)(=O)c2ccccc2)CC1. The van der Waals surface area contributed by atoms with Crippen LogP contribution >= 0.6 is 0 Å². The van der Waals surface area contributed by atoms with Gasteiger partial charge in [-0.1, -0.05) is 18.2 Å². The van der Waals surface area contributed by atoms with E-state index in [4.69, 9.17) is 0 Å². The number of nitrogens with zero attached hydrogens (tertiary/aromatic N) is 3. The molecule has 9 heteroatoms. The predicted octanol–water partition coefficient (Wildman–Crippen LogP) is 0.0586. The summed E-state index contributed by atoms with van der Waals surface area (Å²) in [5.41, 5.74) is 0. The van der Waals surface area contributed by atoms with Crippen LogP contribution in [0.1, 0.15) is 19.3 Å². The Morgan fingerprint density at radius 3 is 2.08 bits per heavy atom. The molecule has 0 aromatic heterocycles. The van der Waals surface area contributed by atoms with Crippen LogP contribution in [-0.4, -0.2) is 73.0 Å². The summed E-state index contributed by atoms with van der Waals surface area (Å²) in [6.07, 6.45) is 0.495. The maximum Gasteiger partial charge on any atom is 0.243 e. The first-order valence-electron chi connectivity index (χ1n) is 8.56. The zero-order valence-electron chi connectivity index (χ0n) is 14.3. The molecular formula is C17H21N3O5S. The molecule has 1 aromatic rings. The molecule has 8 nitrogen and oxygen atoms in total. The van der Waals surface area contributed by atoms with Crippen molar-refractivity contribution < 1.29 is 22.8 Å². The van der Waals surface area contributed by atoms with Crippen molar-refractivity contribution in [2.45, 2.75) is 24.2 Å². The number of hydrogen-bond donors (Lipinski definition) is 0. The quantitative estimate of drug-likeness (QED) is 0.674. The first-order valence-corrected chi connectivity index (χ1v) is 10.00. The Balaban J connectivity index is 1.52. The van der Waals surface area contributed by atoms with Crippen molar-refractivity contribution in [1.82, 2.24) is 14.1 Å². The fraction of sp³-hybridized carbons (Fsp3) is 0.471. The standard InChI is InChI=1S/C17H21N3O5S/c21-15(8-9-20-16(22)6-7-17(20)23)18-10-12-19(13-11-18)26(24,25)14-4-2-1-3-5-14/h1-5H,6-13H2. The lowest BCUT2D eigenvalue weighted by molar-refractivity contribution is -0.139. The Morgan fingerprint density at radius 2 is 1.50 bits per heavy atom. The van der Waals surface area contributed by atoms with Gasteiger partial charge in [-0.3, -0.25) is 19.3 Å². The molecule has 26 heavy (non-hydrogen) atoms. The van der Waals surface area contributed by atoms with E-state index in [1.807, 2.05) is 0 Å². The van der Waals surface area contributed by atoms with Gasteiger partial charge in [-0.2, -0.15) is 4.31 Å². The molecule has 3 rings (SSSR count). The Labute approximate surface area is 152 Å². The molecule has 0 bridgehead atoms. The number of benzene rings is 1.